The Labute approximate surface area is 144 Å². The molecule has 2 N–H and O–H groups in total. The highest BCUT2D eigenvalue weighted by molar-refractivity contribution is 5.85. The predicted octanol–water partition coefficient (Wildman–Crippen LogP) is 3.40. The molecular weight excluding hydrogens is 315 g/mol. The van der Waals surface area contributed by atoms with Crippen LogP contribution in [0.4, 0.5) is 4.39 Å². The van der Waals surface area contributed by atoms with Crippen molar-refractivity contribution in [1.29, 1.82) is 0 Å². The first-order valence-corrected chi connectivity index (χ1v) is 8.23. The molecule has 0 spiro atoms. The smallest absolute Gasteiger partial charge is 0.222 e. The van der Waals surface area contributed by atoms with E-state index in [0.717, 1.165) is 37.9 Å². The van der Waals surface area contributed by atoms with Crippen LogP contribution in [0.25, 0.3) is 0 Å². The zero-order valence-electron chi connectivity index (χ0n) is 14.0. The van der Waals surface area contributed by atoms with Gasteiger partial charge in [0.05, 0.1) is 0 Å². The van der Waals surface area contributed by atoms with E-state index in [-0.39, 0.29) is 36.1 Å². The zero-order chi connectivity index (χ0) is 16.1. The number of hydrogen-bond acceptors (Lipinski definition) is 2. The molecule has 1 aliphatic rings. The van der Waals surface area contributed by atoms with Crippen LogP contribution in [0.15, 0.2) is 24.3 Å². The minimum Gasteiger partial charge on any atom is -0.342 e. The van der Waals surface area contributed by atoms with Crippen LogP contribution in [-0.2, 0) is 11.2 Å². The molecule has 0 bridgehead atoms. The molecule has 3 unspecified atom stereocenters. The molecule has 2 rings (SSSR count). The molecule has 3 nitrogen and oxygen atoms in total. The standard InChI is InChI=1S/C18H27FN2O.ClH/c1-13(9-15-5-3-7-17(19)11-15)10-18(22)21-8-4-6-16(12-21)14(2)20;/h3,5,7,11,13-14,16H,4,6,8-10,12,20H2,1-2H3;1H. The Morgan fingerprint density at radius 3 is 2.83 bits per heavy atom. The van der Waals surface area contributed by atoms with Gasteiger partial charge in [-0.05, 0) is 55.7 Å². The molecule has 130 valence electrons. The molecule has 0 aliphatic carbocycles. The maximum atomic E-state index is 13.2. The fraction of sp³-hybridized carbons (Fsp3) is 0.611. The van der Waals surface area contributed by atoms with Crippen LogP contribution in [0.5, 0.6) is 0 Å². The van der Waals surface area contributed by atoms with Crippen molar-refractivity contribution in [3.8, 4) is 0 Å². The van der Waals surface area contributed by atoms with E-state index in [1.165, 1.54) is 6.07 Å². The van der Waals surface area contributed by atoms with Crippen molar-refractivity contribution in [3.63, 3.8) is 0 Å². The molecule has 0 saturated carbocycles. The first-order valence-electron chi connectivity index (χ1n) is 8.23. The number of carbonyl (C=O) groups excluding carboxylic acids is 1. The second-order valence-corrected chi connectivity index (χ2v) is 6.74. The van der Waals surface area contributed by atoms with Gasteiger partial charge >= 0.3 is 0 Å². The summed E-state index contributed by atoms with van der Waals surface area (Å²) in [5.74, 6) is 0.613. The summed E-state index contributed by atoms with van der Waals surface area (Å²) in [4.78, 5) is 14.4. The van der Waals surface area contributed by atoms with Gasteiger partial charge in [0, 0.05) is 25.6 Å². The third kappa shape index (κ3) is 6.11. The molecule has 1 amide bonds. The second-order valence-electron chi connectivity index (χ2n) is 6.74. The summed E-state index contributed by atoms with van der Waals surface area (Å²) >= 11 is 0. The maximum absolute atomic E-state index is 13.2. The van der Waals surface area contributed by atoms with Crippen molar-refractivity contribution in [2.24, 2.45) is 17.6 Å². The Kier molecular flexibility index (Phi) is 8.00. The molecule has 5 heteroatoms. The lowest BCUT2D eigenvalue weighted by Gasteiger charge is -2.35. The second kappa shape index (κ2) is 9.24. The molecule has 1 aromatic carbocycles. The van der Waals surface area contributed by atoms with Crippen LogP contribution < -0.4 is 5.73 Å². The van der Waals surface area contributed by atoms with Crippen LogP contribution >= 0.6 is 12.4 Å². The van der Waals surface area contributed by atoms with E-state index in [4.69, 9.17) is 5.73 Å². The summed E-state index contributed by atoms with van der Waals surface area (Å²) in [6, 6.07) is 6.77. The van der Waals surface area contributed by atoms with Crippen molar-refractivity contribution in [1.82, 2.24) is 4.90 Å². The molecular formula is C18H28ClFN2O. The summed E-state index contributed by atoms with van der Waals surface area (Å²) < 4.78 is 13.2. The third-order valence-corrected chi connectivity index (χ3v) is 4.55. The van der Waals surface area contributed by atoms with Gasteiger partial charge in [0.25, 0.3) is 0 Å². The summed E-state index contributed by atoms with van der Waals surface area (Å²) in [5.41, 5.74) is 6.92. The Balaban J connectivity index is 0.00000264. The number of nitrogens with zero attached hydrogens (tertiary/aromatic N) is 1. The SMILES string of the molecule is CC(CC(=O)N1CCCC(C(C)N)C1)Cc1cccc(F)c1.Cl. The van der Waals surface area contributed by atoms with Gasteiger partial charge in [-0.2, -0.15) is 0 Å². The summed E-state index contributed by atoms with van der Waals surface area (Å²) in [6.45, 7) is 5.69. The monoisotopic (exact) mass is 342 g/mol. The number of carbonyl (C=O) groups is 1. The van der Waals surface area contributed by atoms with Crippen molar-refractivity contribution in [3.05, 3.63) is 35.6 Å². The highest BCUT2D eigenvalue weighted by atomic mass is 35.5. The average Bonchev–Trinajstić information content (AvgIpc) is 2.47. The highest BCUT2D eigenvalue weighted by Crippen LogP contribution is 2.21. The number of amides is 1. The van der Waals surface area contributed by atoms with E-state index >= 15 is 0 Å². The van der Waals surface area contributed by atoms with Gasteiger partial charge < -0.3 is 10.6 Å². The normalized spacial score (nSPS) is 20.5. The number of rotatable bonds is 5. The average molecular weight is 343 g/mol. The Morgan fingerprint density at radius 1 is 1.43 bits per heavy atom. The molecule has 1 aliphatic heterocycles. The minimum absolute atomic E-state index is 0. The van der Waals surface area contributed by atoms with Gasteiger partial charge in [0.15, 0.2) is 0 Å². The largest absolute Gasteiger partial charge is 0.342 e. The van der Waals surface area contributed by atoms with Crippen LogP contribution in [0, 0.1) is 17.7 Å². The number of likely N-dealkylation sites (tertiary alicyclic amines) is 1. The number of benzene rings is 1. The van der Waals surface area contributed by atoms with Crippen molar-refractivity contribution in [2.45, 2.75) is 45.6 Å². The molecule has 1 heterocycles. The van der Waals surface area contributed by atoms with Gasteiger partial charge in [-0.3, -0.25) is 4.79 Å². The van der Waals surface area contributed by atoms with Gasteiger partial charge in [-0.25, -0.2) is 4.39 Å². The highest BCUT2D eigenvalue weighted by Gasteiger charge is 2.26. The maximum Gasteiger partial charge on any atom is 0.222 e. The van der Waals surface area contributed by atoms with E-state index in [1.807, 2.05) is 17.9 Å². The number of halogens is 2. The Hall–Kier alpha value is -1.13. The molecule has 1 aromatic rings. The molecule has 3 atom stereocenters. The van der Waals surface area contributed by atoms with E-state index in [1.54, 1.807) is 12.1 Å². The van der Waals surface area contributed by atoms with E-state index in [9.17, 15) is 9.18 Å². The zero-order valence-corrected chi connectivity index (χ0v) is 14.8. The summed E-state index contributed by atoms with van der Waals surface area (Å²) in [6.07, 6.45) is 3.40. The van der Waals surface area contributed by atoms with Gasteiger partial charge in [-0.15, -0.1) is 12.4 Å². The Bertz CT molecular complexity index is 510. The lowest BCUT2D eigenvalue weighted by molar-refractivity contribution is -0.134. The van der Waals surface area contributed by atoms with Crippen LogP contribution in [-0.4, -0.2) is 29.9 Å². The fourth-order valence-electron chi connectivity index (χ4n) is 3.23. The molecule has 23 heavy (non-hydrogen) atoms. The van der Waals surface area contributed by atoms with Crippen molar-refractivity contribution < 1.29 is 9.18 Å². The summed E-state index contributed by atoms with van der Waals surface area (Å²) in [5, 5.41) is 0. The first-order chi connectivity index (χ1) is 10.5. The quantitative estimate of drug-likeness (QED) is 0.891. The van der Waals surface area contributed by atoms with Gasteiger partial charge in [-0.1, -0.05) is 19.1 Å². The number of piperidine rings is 1. The third-order valence-electron chi connectivity index (χ3n) is 4.55. The van der Waals surface area contributed by atoms with E-state index in [2.05, 4.69) is 6.92 Å². The lowest BCUT2D eigenvalue weighted by Crippen LogP contribution is -2.45. The van der Waals surface area contributed by atoms with E-state index < -0.39 is 0 Å². The van der Waals surface area contributed by atoms with Crippen LogP contribution in [0.2, 0.25) is 0 Å². The van der Waals surface area contributed by atoms with Crippen LogP contribution in [0.1, 0.15) is 38.7 Å². The first kappa shape index (κ1) is 19.9. The molecule has 1 saturated heterocycles. The number of nitrogens with two attached hydrogens (primary N) is 1. The predicted molar refractivity (Wildman–Crippen MR) is 94.1 cm³/mol. The minimum atomic E-state index is -0.216. The lowest BCUT2D eigenvalue weighted by atomic mass is 9.91. The van der Waals surface area contributed by atoms with Crippen molar-refractivity contribution in [2.75, 3.05) is 13.1 Å². The summed E-state index contributed by atoms with van der Waals surface area (Å²) in [7, 11) is 0. The van der Waals surface area contributed by atoms with Crippen LogP contribution in [0.3, 0.4) is 0 Å². The molecule has 0 aromatic heterocycles. The van der Waals surface area contributed by atoms with Gasteiger partial charge in [0.2, 0.25) is 5.91 Å². The molecule has 0 radical (unpaired) electrons. The number of hydrogen-bond donors (Lipinski definition) is 1. The Morgan fingerprint density at radius 2 is 2.17 bits per heavy atom. The van der Waals surface area contributed by atoms with Crippen molar-refractivity contribution >= 4 is 18.3 Å². The fourth-order valence-corrected chi connectivity index (χ4v) is 3.23. The molecule has 1 fully saturated rings. The van der Waals surface area contributed by atoms with Gasteiger partial charge in [0.1, 0.15) is 5.82 Å². The topological polar surface area (TPSA) is 46.3 Å². The van der Waals surface area contributed by atoms with E-state index in [0.29, 0.717) is 12.3 Å².